The average Bonchev–Trinajstić information content (AvgIpc) is 2.98. The van der Waals surface area contributed by atoms with Gasteiger partial charge >= 0.3 is 147 Å². The molecule has 5 aromatic rings. The van der Waals surface area contributed by atoms with Crippen LogP contribution in [0.5, 0.6) is 0 Å². The normalized spacial score (nSPS) is 14.5. The Balaban J connectivity index is 0.000000215. The second kappa shape index (κ2) is 12.0. The molecule has 1 aliphatic rings. The molecule has 5 heteroatoms. The Hall–Kier alpha value is -3.07. The summed E-state index contributed by atoms with van der Waals surface area (Å²) < 4.78 is 48.3. The summed E-state index contributed by atoms with van der Waals surface area (Å²) in [6.45, 7) is -0.188. The number of rotatable bonds is 2. The van der Waals surface area contributed by atoms with Crippen LogP contribution >= 0.6 is 0 Å². The summed E-state index contributed by atoms with van der Waals surface area (Å²) in [5.41, 5.74) is 7.48. The van der Waals surface area contributed by atoms with E-state index in [0.717, 1.165) is 42.8 Å². The molecule has 0 saturated heterocycles. The van der Waals surface area contributed by atoms with Crippen molar-refractivity contribution >= 4 is 35.3 Å². The van der Waals surface area contributed by atoms with E-state index in [2.05, 4.69) is 35.9 Å². The molecule has 0 atom stereocenters. The molecule has 0 spiro atoms. The minimum atomic E-state index is -2.26. The van der Waals surface area contributed by atoms with Crippen molar-refractivity contribution in [3.8, 4) is 22.5 Å². The summed E-state index contributed by atoms with van der Waals surface area (Å²) in [4.78, 5) is 10.1. The molecular weight excluding hydrogens is 698 g/mol. The van der Waals surface area contributed by atoms with E-state index in [0.29, 0.717) is 5.56 Å². The number of anilines is 2. The van der Waals surface area contributed by atoms with Gasteiger partial charge in [0.15, 0.2) is 0 Å². The zero-order valence-electron chi connectivity index (χ0n) is 26.2. The molecule has 3 aromatic carbocycles. The molecule has 187 valence electrons. The molecule has 1 aliphatic heterocycles. The molecule has 0 unspecified atom stereocenters. The largest absolute Gasteiger partial charge is 0.305 e. The Morgan fingerprint density at radius 3 is 2.22 bits per heavy atom. The SMILES string of the molecule is [2H]C([2H])([2H])N1c2cc[c-]c(-c3ccccn3)c2[Se]c2c1ccc(C)c2C.[2H]C([2H])([2H])c1c[c-]c(-c2ccccn2)cc1.[Ir]. The van der Waals surface area contributed by atoms with E-state index in [-0.39, 0.29) is 35.1 Å². The van der Waals surface area contributed by atoms with E-state index in [4.69, 9.17) is 8.22 Å². The monoisotopic (exact) mass is 732 g/mol. The Labute approximate surface area is 248 Å². The zero-order valence-corrected chi connectivity index (χ0v) is 24.4. The van der Waals surface area contributed by atoms with Gasteiger partial charge in [0.1, 0.15) is 0 Å². The topological polar surface area (TPSA) is 29.0 Å². The predicted octanol–water partition coefficient (Wildman–Crippen LogP) is 5.76. The molecule has 0 N–H and O–H groups in total. The summed E-state index contributed by atoms with van der Waals surface area (Å²) in [5.74, 6) is 0. The molecule has 37 heavy (non-hydrogen) atoms. The number of hydrogen-bond acceptors (Lipinski definition) is 3. The second-order valence-electron chi connectivity index (χ2n) is 8.28. The fourth-order valence-corrected chi connectivity index (χ4v) is 6.62. The van der Waals surface area contributed by atoms with E-state index in [1.165, 1.54) is 22.1 Å². The maximum absolute atomic E-state index is 8.13. The third kappa shape index (κ3) is 5.76. The number of benzene rings is 3. The van der Waals surface area contributed by atoms with Gasteiger partial charge in [0.25, 0.3) is 0 Å². The first-order chi connectivity index (χ1) is 19.9. The fraction of sp³-hybridized carbons (Fsp3) is 0.125. The maximum atomic E-state index is 8.13. The molecule has 0 saturated carbocycles. The van der Waals surface area contributed by atoms with Gasteiger partial charge in [0.2, 0.25) is 0 Å². The first kappa shape index (κ1) is 20.0. The molecule has 3 nitrogen and oxygen atoms in total. The molecule has 0 amide bonds. The van der Waals surface area contributed by atoms with Crippen LogP contribution in [0.15, 0.2) is 91.3 Å². The minimum Gasteiger partial charge on any atom is -0.305 e. The predicted molar refractivity (Wildman–Crippen MR) is 151 cm³/mol. The Kier molecular flexibility index (Phi) is 6.47. The summed E-state index contributed by atoms with van der Waals surface area (Å²) >= 11 is -0.0207. The van der Waals surface area contributed by atoms with Crippen molar-refractivity contribution in [2.75, 3.05) is 11.9 Å². The van der Waals surface area contributed by atoms with E-state index in [1.54, 1.807) is 30.6 Å². The van der Waals surface area contributed by atoms with Crippen LogP contribution in [0.1, 0.15) is 24.9 Å². The van der Waals surface area contributed by atoms with Crippen LogP contribution in [-0.4, -0.2) is 31.9 Å². The Morgan fingerprint density at radius 1 is 0.811 bits per heavy atom. The number of nitrogens with zero attached hydrogens (tertiary/aromatic N) is 3. The van der Waals surface area contributed by atoms with Gasteiger partial charge in [-0.15, -0.1) is 35.4 Å². The van der Waals surface area contributed by atoms with Crippen LogP contribution in [0, 0.1) is 32.8 Å². The van der Waals surface area contributed by atoms with Crippen molar-refractivity contribution in [2.45, 2.75) is 20.7 Å². The molecule has 2 aromatic heterocycles. The van der Waals surface area contributed by atoms with E-state index in [1.807, 2.05) is 54.6 Å². The number of aryl methyl sites for hydroxylation is 2. The zero-order chi connectivity index (χ0) is 30.1. The Morgan fingerprint density at radius 2 is 1.57 bits per heavy atom. The van der Waals surface area contributed by atoms with Crippen molar-refractivity contribution in [3.63, 3.8) is 0 Å². The van der Waals surface area contributed by atoms with E-state index < -0.39 is 13.8 Å². The molecule has 6 rings (SSSR count). The van der Waals surface area contributed by atoms with Crippen molar-refractivity contribution in [2.24, 2.45) is 0 Å². The number of fused-ring (bicyclic) bond motifs is 2. The van der Waals surface area contributed by atoms with Crippen LogP contribution < -0.4 is 13.8 Å². The fourth-order valence-electron chi connectivity index (χ4n) is 3.87. The van der Waals surface area contributed by atoms with Gasteiger partial charge in [-0.25, -0.2) is 0 Å². The van der Waals surface area contributed by atoms with Crippen LogP contribution in [0.2, 0.25) is 0 Å². The number of pyridine rings is 2. The molecular formula is C32H27IrN3Se-2. The average molecular weight is 731 g/mol. The Bertz CT molecular complexity index is 1690. The first-order valence-corrected chi connectivity index (χ1v) is 13.1. The van der Waals surface area contributed by atoms with Gasteiger partial charge in [-0.1, -0.05) is 19.0 Å². The maximum Gasteiger partial charge on any atom is 0.0177 e. The first-order valence-electron chi connectivity index (χ1n) is 14.4. The third-order valence-corrected chi connectivity index (χ3v) is 8.75. The van der Waals surface area contributed by atoms with E-state index >= 15 is 0 Å². The van der Waals surface area contributed by atoms with Crippen molar-refractivity contribution in [1.29, 1.82) is 0 Å². The minimum absolute atomic E-state index is 0. The van der Waals surface area contributed by atoms with Gasteiger partial charge in [-0.05, 0) is 11.8 Å². The standard InChI is InChI=1S/C20H17N2Se.C12H10N.Ir/c1-13-10-11-18-19(14(13)2)23-20-15(16-8-4-5-12-21-16)7-6-9-17(20)22(18)3;1-10-5-7-11(8-6-10)12-4-2-3-9-13-12;/h4-6,8-12H,1-3H3;2-7,9H,1H3;/q2*-1;/i3D3;1D3;. The third-order valence-electron chi connectivity index (χ3n) is 5.95. The number of aromatic nitrogens is 2. The second-order valence-corrected chi connectivity index (χ2v) is 10.4. The summed E-state index contributed by atoms with van der Waals surface area (Å²) in [6.07, 6.45) is 3.45. The van der Waals surface area contributed by atoms with Gasteiger partial charge in [-0.2, -0.15) is 0 Å². The molecule has 3 heterocycles. The molecule has 0 fully saturated rings. The van der Waals surface area contributed by atoms with Gasteiger partial charge in [-0.3, -0.25) is 0 Å². The van der Waals surface area contributed by atoms with Crippen molar-refractivity contribution in [1.82, 2.24) is 9.97 Å². The summed E-state index contributed by atoms with van der Waals surface area (Å²) in [6, 6.07) is 30.0. The smallest absolute Gasteiger partial charge is 0.0177 e. The summed E-state index contributed by atoms with van der Waals surface area (Å²) in [7, 11) is 0. The van der Waals surface area contributed by atoms with Gasteiger partial charge in [0.05, 0.1) is 0 Å². The molecule has 1 radical (unpaired) electrons. The van der Waals surface area contributed by atoms with Crippen molar-refractivity contribution in [3.05, 3.63) is 120 Å². The van der Waals surface area contributed by atoms with Gasteiger partial charge in [0, 0.05) is 30.4 Å². The summed E-state index contributed by atoms with van der Waals surface area (Å²) in [5, 5.41) is 0. The van der Waals surface area contributed by atoms with Gasteiger partial charge < -0.3 is 4.98 Å². The molecule has 0 bridgehead atoms. The van der Waals surface area contributed by atoms with E-state index in [9.17, 15) is 0 Å². The quantitative estimate of drug-likeness (QED) is 0.171. The van der Waals surface area contributed by atoms with Crippen molar-refractivity contribution < 1.29 is 28.3 Å². The van der Waals surface area contributed by atoms with Crippen LogP contribution in [0.3, 0.4) is 0 Å². The van der Waals surface area contributed by atoms with Crippen LogP contribution in [0.4, 0.5) is 11.4 Å². The molecule has 0 aliphatic carbocycles. The van der Waals surface area contributed by atoms with Crippen LogP contribution in [0.25, 0.3) is 22.5 Å². The van der Waals surface area contributed by atoms with Crippen LogP contribution in [-0.2, 0) is 20.1 Å². The number of hydrogen-bond donors (Lipinski definition) is 0.